The number of rotatable bonds is 19. The molecule has 9 heteroatoms. The van der Waals surface area contributed by atoms with E-state index in [2.05, 4.69) is 41.2 Å². The standard InChI is InChI=1S/C16H36N4O3S2/c17-4-9-22-11-12-23-10-6-20-16(21)15(19-8-14-25)3-1-2-5-18-7-13-24/h15,18-19,24-25H,1-14,17H2,(H,20,21). The lowest BCUT2D eigenvalue weighted by Crippen LogP contribution is -2.45. The zero-order valence-corrected chi connectivity index (χ0v) is 17.0. The fourth-order valence-corrected chi connectivity index (χ4v) is 2.43. The first-order valence-electron chi connectivity index (χ1n) is 9.05. The van der Waals surface area contributed by atoms with E-state index in [1.165, 1.54) is 0 Å². The van der Waals surface area contributed by atoms with E-state index in [0.717, 1.165) is 38.1 Å². The predicted molar refractivity (Wildman–Crippen MR) is 110 cm³/mol. The molecule has 0 aromatic carbocycles. The summed E-state index contributed by atoms with van der Waals surface area (Å²) in [4.78, 5) is 12.3. The van der Waals surface area contributed by atoms with Gasteiger partial charge < -0.3 is 31.2 Å². The van der Waals surface area contributed by atoms with Crippen LogP contribution in [-0.4, -0.2) is 82.6 Å². The van der Waals surface area contributed by atoms with Crippen LogP contribution in [0.25, 0.3) is 0 Å². The van der Waals surface area contributed by atoms with Crippen molar-refractivity contribution in [1.82, 2.24) is 16.0 Å². The third kappa shape index (κ3) is 17.2. The number of carbonyl (C=O) groups is 1. The molecule has 1 atom stereocenters. The Morgan fingerprint density at radius 2 is 1.64 bits per heavy atom. The Morgan fingerprint density at radius 1 is 0.920 bits per heavy atom. The molecule has 0 saturated heterocycles. The minimum Gasteiger partial charge on any atom is -0.378 e. The smallest absolute Gasteiger partial charge is 0.237 e. The average Bonchev–Trinajstić information content (AvgIpc) is 2.62. The van der Waals surface area contributed by atoms with Crippen LogP contribution in [0.1, 0.15) is 19.3 Å². The fourth-order valence-electron chi connectivity index (χ4n) is 2.14. The van der Waals surface area contributed by atoms with Crippen molar-refractivity contribution in [2.75, 3.05) is 70.7 Å². The van der Waals surface area contributed by atoms with E-state index >= 15 is 0 Å². The minimum absolute atomic E-state index is 0.0214. The van der Waals surface area contributed by atoms with E-state index in [9.17, 15) is 4.79 Å². The predicted octanol–water partition coefficient (Wildman–Crippen LogP) is -0.328. The van der Waals surface area contributed by atoms with Gasteiger partial charge in [0.25, 0.3) is 0 Å². The highest BCUT2D eigenvalue weighted by molar-refractivity contribution is 7.80. The van der Waals surface area contributed by atoms with Gasteiger partial charge in [0.2, 0.25) is 5.91 Å². The number of hydrogen-bond donors (Lipinski definition) is 6. The second-order valence-corrected chi connectivity index (χ2v) is 6.40. The lowest BCUT2D eigenvalue weighted by Gasteiger charge is -2.18. The molecular weight excluding hydrogens is 360 g/mol. The maximum Gasteiger partial charge on any atom is 0.237 e. The Bertz CT molecular complexity index is 303. The van der Waals surface area contributed by atoms with Crippen molar-refractivity contribution in [3.8, 4) is 0 Å². The van der Waals surface area contributed by atoms with E-state index in [1.54, 1.807) is 0 Å². The van der Waals surface area contributed by atoms with Gasteiger partial charge in [-0.2, -0.15) is 25.3 Å². The molecule has 25 heavy (non-hydrogen) atoms. The number of nitrogens with two attached hydrogens (primary N) is 1. The van der Waals surface area contributed by atoms with Gasteiger partial charge in [-0.05, 0) is 19.4 Å². The average molecular weight is 397 g/mol. The Balaban J connectivity index is 3.78. The Hall–Kier alpha value is -0.0300. The van der Waals surface area contributed by atoms with Crippen LogP contribution < -0.4 is 21.7 Å². The van der Waals surface area contributed by atoms with Crippen molar-refractivity contribution in [2.24, 2.45) is 5.73 Å². The van der Waals surface area contributed by atoms with E-state index in [0.29, 0.717) is 51.8 Å². The molecule has 0 aromatic heterocycles. The highest BCUT2D eigenvalue weighted by atomic mass is 32.1. The van der Waals surface area contributed by atoms with E-state index in [-0.39, 0.29) is 11.9 Å². The maximum absolute atomic E-state index is 12.3. The topological polar surface area (TPSA) is 97.6 Å². The number of hydrogen-bond acceptors (Lipinski definition) is 8. The number of carbonyl (C=O) groups excluding carboxylic acids is 1. The van der Waals surface area contributed by atoms with Crippen LogP contribution in [0.5, 0.6) is 0 Å². The van der Waals surface area contributed by atoms with Gasteiger partial charge >= 0.3 is 0 Å². The second kappa shape index (κ2) is 20.3. The maximum atomic E-state index is 12.3. The molecule has 0 fully saturated rings. The van der Waals surface area contributed by atoms with Gasteiger partial charge in [-0.15, -0.1) is 0 Å². The number of thiol groups is 2. The summed E-state index contributed by atoms with van der Waals surface area (Å²) in [5.41, 5.74) is 5.32. The highest BCUT2D eigenvalue weighted by Gasteiger charge is 2.16. The van der Waals surface area contributed by atoms with Crippen molar-refractivity contribution in [2.45, 2.75) is 25.3 Å². The van der Waals surface area contributed by atoms with E-state index < -0.39 is 0 Å². The Morgan fingerprint density at radius 3 is 2.32 bits per heavy atom. The first kappa shape index (κ1) is 25.0. The van der Waals surface area contributed by atoms with Crippen LogP contribution in [0.2, 0.25) is 0 Å². The number of ether oxygens (including phenoxy) is 2. The van der Waals surface area contributed by atoms with Gasteiger partial charge in [-0.3, -0.25) is 4.79 Å². The van der Waals surface area contributed by atoms with Crippen LogP contribution in [0, 0.1) is 0 Å². The van der Waals surface area contributed by atoms with Crippen LogP contribution in [-0.2, 0) is 14.3 Å². The fraction of sp³-hybridized carbons (Fsp3) is 0.938. The summed E-state index contributed by atoms with van der Waals surface area (Å²) in [6, 6.07) is -0.176. The van der Waals surface area contributed by atoms with Crippen LogP contribution in [0.3, 0.4) is 0 Å². The summed E-state index contributed by atoms with van der Waals surface area (Å²) in [6.45, 7) is 5.67. The van der Waals surface area contributed by atoms with Crippen LogP contribution >= 0.6 is 25.3 Å². The molecule has 0 bridgehead atoms. The first-order chi connectivity index (χ1) is 12.3. The minimum atomic E-state index is -0.176. The number of nitrogens with one attached hydrogen (secondary N) is 3. The van der Waals surface area contributed by atoms with Gasteiger partial charge in [0.1, 0.15) is 0 Å². The number of amides is 1. The SMILES string of the molecule is NCCOCCOCCNC(=O)C(CCCCNCCS)NCCS. The summed E-state index contributed by atoms with van der Waals surface area (Å²) in [5, 5.41) is 9.47. The normalized spacial score (nSPS) is 12.3. The molecule has 0 spiro atoms. The lowest BCUT2D eigenvalue weighted by molar-refractivity contribution is -0.123. The molecule has 0 aliphatic rings. The van der Waals surface area contributed by atoms with Crippen molar-refractivity contribution < 1.29 is 14.3 Å². The third-order valence-corrected chi connectivity index (χ3v) is 3.83. The zero-order valence-electron chi connectivity index (χ0n) is 15.2. The molecule has 0 radical (unpaired) electrons. The summed E-state index contributed by atoms with van der Waals surface area (Å²) < 4.78 is 10.6. The van der Waals surface area contributed by atoms with Crippen LogP contribution in [0.15, 0.2) is 0 Å². The molecule has 5 N–H and O–H groups in total. The molecule has 1 unspecified atom stereocenters. The summed E-state index contributed by atoms with van der Waals surface area (Å²) >= 11 is 8.35. The highest BCUT2D eigenvalue weighted by Crippen LogP contribution is 2.01. The van der Waals surface area contributed by atoms with Gasteiger partial charge in [0, 0.05) is 37.7 Å². The van der Waals surface area contributed by atoms with Crippen molar-refractivity contribution in [3.63, 3.8) is 0 Å². The monoisotopic (exact) mass is 396 g/mol. The Labute approximate surface area is 163 Å². The molecule has 0 aromatic rings. The largest absolute Gasteiger partial charge is 0.378 e. The molecule has 0 aliphatic heterocycles. The van der Waals surface area contributed by atoms with E-state index in [1.807, 2.05) is 0 Å². The quantitative estimate of drug-likeness (QED) is 0.132. The summed E-state index contributed by atoms with van der Waals surface area (Å²) in [5.74, 6) is 1.57. The summed E-state index contributed by atoms with van der Waals surface area (Å²) in [6.07, 6.45) is 2.86. The summed E-state index contributed by atoms with van der Waals surface area (Å²) in [7, 11) is 0. The van der Waals surface area contributed by atoms with Gasteiger partial charge in [-0.1, -0.05) is 6.42 Å². The van der Waals surface area contributed by atoms with Crippen molar-refractivity contribution in [1.29, 1.82) is 0 Å². The molecule has 150 valence electrons. The number of unbranched alkanes of at least 4 members (excludes halogenated alkanes) is 1. The molecule has 7 nitrogen and oxygen atoms in total. The molecule has 0 saturated carbocycles. The third-order valence-electron chi connectivity index (χ3n) is 3.38. The molecule has 1 amide bonds. The van der Waals surface area contributed by atoms with Gasteiger partial charge in [0.05, 0.1) is 32.5 Å². The van der Waals surface area contributed by atoms with Crippen molar-refractivity contribution >= 4 is 31.2 Å². The van der Waals surface area contributed by atoms with E-state index in [4.69, 9.17) is 15.2 Å². The molecular formula is C16H36N4O3S2. The van der Waals surface area contributed by atoms with Crippen molar-refractivity contribution in [3.05, 3.63) is 0 Å². The second-order valence-electron chi connectivity index (χ2n) is 5.50. The Kier molecular flexibility index (Phi) is 20.3. The van der Waals surface area contributed by atoms with Crippen LogP contribution in [0.4, 0.5) is 0 Å². The lowest BCUT2D eigenvalue weighted by atomic mass is 10.1. The first-order valence-corrected chi connectivity index (χ1v) is 10.3. The molecule has 0 aliphatic carbocycles. The van der Waals surface area contributed by atoms with Gasteiger partial charge in [-0.25, -0.2) is 0 Å². The molecule has 0 heterocycles. The zero-order chi connectivity index (χ0) is 18.6. The van der Waals surface area contributed by atoms with Gasteiger partial charge in [0.15, 0.2) is 0 Å². The molecule has 0 rings (SSSR count).